The van der Waals surface area contributed by atoms with Crippen LogP contribution in [0.1, 0.15) is 38.7 Å². The van der Waals surface area contributed by atoms with Crippen LogP contribution < -0.4 is 15.4 Å². The Morgan fingerprint density at radius 2 is 1.80 bits per heavy atom. The van der Waals surface area contributed by atoms with E-state index in [1.54, 1.807) is 36.3 Å². The van der Waals surface area contributed by atoms with Gasteiger partial charge in [0, 0.05) is 18.3 Å². The standard InChI is InChI=1S/C33H39N3O5/c1-20-8-7-11-25(21(20)2)35-31(38)29-33-18-16-26(41-33)27(30(37)34-23-12-14-24(40-3)15-13-23)28(33)32(39)36(29)19-17-22-9-5-4-6-10-22/h4-6,9-10,12-16,18,20-21,25-29H,7-8,11,17,19H2,1-3H3,(H,34,37)(H,35,38)/t20-,21+,25+,26-,27+,28-,29-,33-/m0/s1. The third kappa shape index (κ3) is 4.82. The minimum absolute atomic E-state index is 0.0459. The second-order valence-electron chi connectivity index (χ2n) is 12.1. The van der Waals surface area contributed by atoms with E-state index < -0.39 is 29.6 Å². The molecule has 8 atom stereocenters. The first-order valence-corrected chi connectivity index (χ1v) is 14.8. The van der Waals surface area contributed by atoms with E-state index in [-0.39, 0.29) is 23.8 Å². The van der Waals surface area contributed by atoms with Crippen molar-refractivity contribution in [3.63, 3.8) is 0 Å². The number of ether oxygens (including phenoxy) is 2. The highest BCUT2D eigenvalue weighted by Gasteiger charge is 2.72. The van der Waals surface area contributed by atoms with Crippen LogP contribution in [0.5, 0.6) is 5.75 Å². The Bertz CT molecular complexity index is 1330. The number of nitrogens with one attached hydrogen (secondary N) is 2. The molecule has 3 amide bonds. The molecule has 3 heterocycles. The molecule has 0 radical (unpaired) electrons. The van der Waals surface area contributed by atoms with Crippen LogP contribution >= 0.6 is 0 Å². The number of hydrogen-bond donors (Lipinski definition) is 2. The van der Waals surface area contributed by atoms with Gasteiger partial charge >= 0.3 is 0 Å². The second-order valence-corrected chi connectivity index (χ2v) is 12.1. The lowest BCUT2D eigenvalue weighted by molar-refractivity contribution is -0.141. The smallest absolute Gasteiger partial charge is 0.246 e. The molecule has 2 saturated heterocycles. The fraction of sp³-hybridized carbons (Fsp3) is 0.485. The zero-order valence-corrected chi connectivity index (χ0v) is 23.9. The molecule has 2 bridgehead atoms. The van der Waals surface area contributed by atoms with Crippen LogP contribution in [0.4, 0.5) is 5.69 Å². The molecule has 8 heteroatoms. The summed E-state index contributed by atoms with van der Waals surface area (Å²) in [6.07, 6.45) is 6.91. The van der Waals surface area contributed by atoms with Gasteiger partial charge in [-0.2, -0.15) is 0 Å². The predicted octanol–water partition coefficient (Wildman–Crippen LogP) is 3.97. The van der Waals surface area contributed by atoms with E-state index in [2.05, 4.69) is 24.5 Å². The fourth-order valence-electron chi connectivity index (χ4n) is 7.35. The molecule has 1 aliphatic carbocycles. The molecule has 0 unspecified atom stereocenters. The van der Waals surface area contributed by atoms with Gasteiger partial charge in [-0.25, -0.2) is 0 Å². The normalized spacial score (nSPS) is 33.5. The number of rotatable bonds is 8. The zero-order chi connectivity index (χ0) is 28.7. The van der Waals surface area contributed by atoms with Crippen molar-refractivity contribution in [1.82, 2.24) is 10.2 Å². The molecule has 3 fully saturated rings. The number of fused-ring (bicyclic) bond motifs is 1. The number of carbonyl (C=O) groups is 3. The molecule has 8 nitrogen and oxygen atoms in total. The average molecular weight is 558 g/mol. The summed E-state index contributed by atoms with van der Waals surface area (Å²) in [5.74, 6) is -0.647. The largest absolute Gasteiger partial charge is 0.497 e. The lowest BCUT2D eigenvalue weighted by Gasteiger charge is -2.38. The van der Waals surface area contributed by atoms with E-state index in [1.165, 1.54) is 0 Å². The Balaban J connectivity index is 1.28. The number of anilines is 1. The summed E-state index contributed by atoms with van der Waals surface area (Å²) in [6, 6.07) is 16.2. The summed E-state index contributed by atoms with van der Waals surface area (Å²) >= 11 is 0. The molecule has 41 heavy (non-hydrogen) atoms. The van der Waals surface area contributed by atoms with Crippen molar-refractivity contribution in [1.29, 1.82) is 0 Å². The lowest BCUT2D eigenvalue weighted by atomic mass is 9.73. The number of hydrogen-bond acceptors (Lipinski definition) is 5. The summed E-state index contributed by atoms with van der Waals surface area (Å²) in [7, 11) is 1.59. The van der Waals surface area contributed by atoms with Crippen LogP contribution in [0.2, 0.25) is 0 Å². The van der Waals surface area contributed by atoms with E-state index in [4.69, 9.17) is 9.47 Å². The Morgan fingerprint density at radius 1 is 1.05 bits per heavy atom. The number of methoxy groups -OCH3 is 1. The first-order chi connectivity index (χ1) is 19.8. The average Bonchev–Trinajstić information content (AvgIpc) is 3.62. The molecule has 3 aliphatic heterocycles. The van der Waals surface area contributed by atoms with Crippen LogP contribution in [-0.2, 0) is 25.5 Å². The number of amides is 3. The van der Waals surface area contributed by atoms with Gasteiger partial charge in [0.15, 0.2) is 0 Å². The zero-order valence-electron chi connectivity index (χ0n) is 23.9. The number of likely N-dealkylation sites (tertiary alicyclic amines) is 1. The molecular weight excluding hydrogens is 518 g/mol. The quantitative estimate of drug-likeness (QED) is 0.479. The van der Waals surface area contributed by atoms with E-state index in [0.29, 0.717) is 36.2 Å². The summed E-state index contributed by atoms with van der Waals surface area (Å²) in [5, 5.41) is 6.28. The van der Waals surface area contributed by atoms with Crippen molar-refractivity contribution in [2.45, 2.75) is 63.3 Å². The van der Waals surface area contributed by atoms with Gasteiger partial charge in [0.2, 0.25) is 17.7 Å². The van der Waals surface area contributed by atoms with E-state index in [9.17, 15) is 14.4 Å². The fourth-order valence-corrected chi connectivity index (χ4v) is 7.35. The van der Waals surface area contributed by atoms with Crippen LogP contribution in [0.3, 0.4) is 0 Å². The maximum absolute atomic E-state index is 14.2. The highest BCUT2D eigenvalue weighted by atomic mass is 16.5. The molecule has 2 N–H and O–H groups in total. The van der Waals surface area contributed by atoms with E-state index in [1.807, 2.05) is 42.5 Å². The molecular formula is C33H39N3O5. The third-order valence-corrected chi connectivity index (χ3v) is 9.80. The van der Waals surface area contributed by atoms with Crippen molar-refractivity contribution in [2.75, 3.05) is 19.0 Å². The van der Waals surface area contributed by atoms with Crippen LogP contribution in [0.25, 0.3) is 0 Å². The Labute approximate surface area is 241 Å². The van der Waals surface area contributed by atoms with Gasteiger partial charge in [-0.3, -0.25) is 14.4 Å². The van der Waals surface area contributed by atoms with Crippen molar-refractivity contribution in [3.8, 4) is 5.75 Å². The second kappa shape index (κ2) is 11.0. The van der Waals surface area contributed by atoms with Crippen LogP contribution in [-0.4, -0.2) is 60.1 Å². The summed E-state index contributed by atoms with van der Waals surface area (Å²) in [5.41, 5.74) is 0.518. The molecule has 1 saturated carbocycles. The van der Waals surface area contributed by atoms with Gasteiger partial charge in [-0.1, -0.05) is 69.2 Å². The molecule has 2 aromatic rings. The van der Waals surface area contributed by atoms with Crippen LogP contribution in [0.15, 0.2) is 66.7 Å². The van der Waals surface area contributed by atoms with Gasteiger partial charge in [-0.15, -0.1) is 0 Å². The van der Waals surface area contributed by atoms with Crippen molar-refractivity contribution < 1.29 is 23.9 Å². The van der Waals surface area contributed by atoms with Crippen molar-refractivity contribution in [2.24, 2.45) is 23.7 Å². The Hall–Kier alpha value is -3.65. The monoisotopic (exact) mass is 557 g/mol. The Kier molecular flexibility index (Phi) is 7.36. The maximum Gasteiger partial charge on any atom is 0.246 e. The molecule has 216 valence electrons. The third-order valence-electron chi connectivity index (χ3n) is 9.80. The molecule has 4 aliphatic rings. The van der Waals surface area contributed by atoms with Gasteiger partial charge in [0.05, 0.1) is 25.0 Å². The number of nitrogens with zero attached hydrogens (tertiary/aromatic N) is 1. The minimum atomic E-state index is -1.17. The van der Waals surface area contributed by atoms with Gasteiger partial charge in [0.25, 0.3) is 0 Å². The molecule has 0 aromatic heterocycles. The number of carbonyl (C=O) groups excluding carboxylic acids is 3. The highest BCUT2D eigenvalue weighted by Crippen LogP contribution is 2.55. The van der Waals surface area contributed by atoms with Gasteiger partial charge in [-0.05, 0) is 54.5 Å². The molecule has 1 spiro atoms. The predicted molar refractivity (Wildman–Crippen MR) is 155 cm³/mol. The van der Waals surface area contributed by atoms with E-state index in [0.717, 1.165) is 24.8 Å². The van der Waals surface area contributed by atoms with Gasteiger partial charge < -0.3 is 25.0 Å². The summed E-state index contributed by atoms with van der Waals surface area (Å²) < 4.78 is 11.7. The number of benzene rings is 2. The van der Waals surface area contributed by atoms with Crippen molar-refractivity contribution in [3.05, 3.63) is 72.3 Å². The molecule has 2 aromatic carbocycles. The first kappa shape index (κ1) is 27.5. The van der Waals surface area contributed by atoms with Crippen molar-refractivity contribution >= 4 is 23.4 Å². The van der Waals surface area contributed by atoms with E-state index >= 15 is 0 Å². The topological polar surface area (TPSA) is 97.0 Å². The Morgan fingerprint density at radius 3 is 2.54 bits per heavy atom. The first-order valence-electron chi connectivity index (χ1n) is 14.8. The highest BCUT2D eigenvalue weighted by molar-refractivity contribution is 6.02. The van der Waals surface area contributed by atoms with Gasteiger partial charge in [0.1, 0.15) is 17.4 Å². The summed E-state index contributed by atoms with van der Waals surface area (Å²) in [6.45, 7) is 4.80. The minimum Gasteiger partial charge on any atom is -0.497 e. The maximum atomic E-state index is 14.2. The van der Waals surface area contributed by atoms with Crippen LogP contribution in [0, 0.1) is 23.7 Å². The molecule has 6 rings (SSSR count). The lowest BCUT2D eigenvalue weighted by Crippen LogP contribution is -2.58. The summed E-state index contributed by atoms with van der Waals surface area (Å²) in [4.78, 5) is 43.7. The SMILES string of the molecule is COc1ccc(NC(=O)[C@@H]2[C@@H]3C=C[C@]4(O3)[C@@H]2C(=O)N(CCc2ccccc2)[C@H]4C(=O)N[C@@H]2CCC[C@H](C)[C@H]2C)cc1.